The number of methoxy groups -OCH3 is 2. The number of rotatable bonds is 5. The molecule has 8 heteroatoms. The Balaban J connectivity index is 1.72. The van der Waals surface area contributed by atoms with Crippen molar-refractivity contribution < 1.29 is 9.47 Å². The Bertz CT molecular complexity index is 1030. The van der Waals surface area contributed by atoms with Crippen LogP contribution in [0.4, 0.5) is 5.95 Å². The summed E-state index contributed by atoms with van der Waals surface area (Å²) in [6, 6.07) is 7.84. The topological polar surface area (TPSA) is 68.3 Å². The molecule has 0 aliphatic carbocycles. The van der Waals surface area contributed by atoms with Crippen molar-refractivity contribution in [1.82, 2.24) is 15.3 Å². The van der Waals surface area contributed by atoms with E-state index in [4.69, 9.17) is 32.7 Å². The van der Waals surface area contributed by atoms with E-state index >= 15 is 0 Å². The van der Waals surface area contributed by atoms with Crippen molar-refractivity contribution in [3.05, 3.63) is 40.5 Å². The van der Waals surface area contributed by atoms with E-state index in [9.17, 15) is 0 Å². The molecule has 0 radical (unpaired) electrons. The highest BCUT2D eigenvalue weighted by Gasteiger charge is 2.23. The van der Waals surface area contributed by atoms with E-state index in [2.05, 4.69) is 27.5 Å². The summed E-state index contributed by atoms with van der Waals surface area (Å²) in [6.07, 6.45) is 1.81. The van der Waals surface area contributed by atoms with Gasteiger partial charge in [0.2, 0.25) is 5.95 Å². The number of nitrogens with one attached hydrogen (secondary N) is 2. The third kappa shape index (κ3) is 3.80. The molecular formula is C21H22Cl2N4O2. The first-order chi connectivity index (χ1) is 14.0. The summed E-state index contributed by atoms with van der Waals surface area (Å²) in [5, 5.41) is 8.54. The van der Waals surface area contributed by atoms with E-state index in [1.807, 2.05) is 18.2 Å². The summed E-state index contributed by atoms with van der Waals surface area (Å²) in [4.78, 5) is 9.14. The summed E-state index contributed by atoms with van der Waals surface area (Å²) < 4.78 is 10.7. The molecule has 6 nitrogen and oxygen atoms in total. The molecule has 4 rings (SSSR count). The zero-order valence-electron chi connectivity index (χ0n) is 16.4. The lowest BCUT2D eigenvalue weighted by Gasteiger charge is -2.17. The maximum absolute atomic E-state index is 6.55. The Morgan fingerprint density at radius 3 is 2.41 bits per heavy atom. The van der Waals surface area contributed by atoms with Crippen molar-refractivity contribution in [3.8, 4) is 22.6 Å². The average Bonchev–Trinajstić information content (AvgIpc) is 3.13. The Hall–Kier alpha value is -2.28. The van der Waals surface area contributed by atoms with Gasteiger partial charge < -0.3 is 20.1 Å². The van der Waals surface area contributed by atoms with Crippen LogP contribution in [0.1, 0.15) is 6.92 Å². The molecule has 1 aliphatic heterocycles. The molecule has 0 spiro atoms. The third-order valence-electron chi connectivity index (χ3n) is 5.27. The van der Waals surface area contributed by atoms with Crippen molar-refractivity contribution >= 4 is 40.1 Å². The molecule has 0 unspecified atom stereocenters. The molecule has 0 saturated carbocycles. The van der Waals surface area contributed by atoms with E-state index in [0.29, 0.717) is 45.0 Å². The van der Waals surface area contributed by atoms with E-state index in [-0.39, 0.29) is 0 Å². The Labute approximate surface area is 179 Å². The standard InChI is InChI=1S/C21H22Cl2N4O2/c1-11-8-24-10-15(11)27-21-25-9-13-6-12(4-5-14(13)26-21)18-19(22)16(28-2)7-17(29-3)20(18)23/h4-7,9,11,15,24H,8,10H2,1-3H3,(H,25,26,27)/t11-,15-/m1/s1. The molecule has 3 aromatic rings. The molecule has 1 saturated heterocycles. The second kappa shape index (κ2) is 8.22. The molecular weight excluding hydrogens is 411 g/mol. The smallest absolute Gasteiger partial charge is 0.223 e. The number of nitrogens with zero attached hydrogens (tertiary/aromatic N) is 2. The molecule has 2 N–H and O–H groups in total. The van der Waals surface area contributed by atoms with Crippen LogP contribution in [0, 0.1) is 5.92 Å². The zero-order chi connectivity index (χ0) is 20.5. The van der Waals surface area contributed by atoms with Gasteiger partial charge in [-0.05, 0) is 30.2 Å². The van der Waals surface area contributed by atoms with Crippen LogP contribution in [0.15, 0.2) is 30.5 Å². The fourth-order valence-corrected chi connectivity index (χ4v) is 4.29. The summed E-state index contributed by atoms with van der Waals surface area (Å²) >= 11 is 13.1. The van der Waals surface area contributed by atoms with Crippen LogP contribution in [0.3, 0.4) is 0 Å². The number of hydrogen-bond acceptors (Lipinski definition) is 6. The molecule has 2 aromatic carbocycles. The monoisotopic (exact) mass is 432 g/mol. The SMILES string of the molecule is COc1cc(OC)c(Cl)c(-c2ccc3nc(N[C@@H]4CNC[C@H]4C)ncc3c2)c1Cl. The van der Waals surface area contributed by atoms with Crippen molar-refractivity contribution in [3.63, 3.8) is 0 Å². The number of halogens is 2. The highest BCUT2D eigenvalue weighted by molar-refractivity contribution is 6.41. The van der Waals surface area contributed by atoms with Crippen molar-refractivity contribution in [1.29, 1.82) is 0 Å². The van der Waals surface area contributed by atoms with Gasteiger partial charge in [-0.2, -0.15) is 0 Å². The minimum absolute atomic E-state index is 0.327. The normalized spacial score (nSPS) is 18.8. The summed E-state index contributed by atoms with van der Waals surface area (Å²) in [7, 11) is 3.11. The molecule has 1 aliphatic rings. The van der Waals surface area contributed by atoms with Crippen LogP contribution in [0.25, 0.3) is 22.0 Å². The van der Waals surface area contributed by atoms with Crippen molar-refractivity contribution in [2.24, 2.45) is 5.92 Å². The van der Waals surface area contributed by atoms with E-state index in [0.717, 1.165) is 29.6 Å². The second-order valence-electron chi connectivity index (χ2n) is 7.14. The van der Waals surface area contributed by atoms with Gasteiger partial charge in [0.05, 0.1) is 29.8 Å². The fourth-order valence-electron chi connectivity index (χ4n) is 3.57. The van der Waals surface area contributed by atoms with Gasteiger partial charge in [0.15, 0.2) is 0 Å². The van der Waals surface area contributed by atoms with Crippen LogP contribution in [-0.4, -0.2) is 43.3 Å². The Morgan fingerprint density at radius 2 is 1.79 bits per heavy atom. The van der Waals surface area contributed by atoms with Gasteiger partial charge in [-0.15, -0.1) is 0 Å². The number of aromatic nitrogens is 2. The zero-order valence-corrected chi connectivity index (χ0v) is 17.9. The van der Waals surface area contributed by atoms with Crippen molar-refractivity contribution in [2.75, 3.05) is 32.6 Å². The van der Waals surface area contributed by atoms with Crippen LogP contribution in [-0.2, 0) is 0 Å². The van der Waals surface area contributed by atoms with Crippen LogP contribution >= 0.6 is 23.2 Å². The molecule has 0 amide bonds. The first-order valence-corrected chi connectivity index (χ1v) is 10.1. The Morgan fingerprint density at radius 1 is 1.07 bits per heavy atom. The molecule has 29 heavy (non-hydrogen) atoms. The van der Waals surface area contributed by atoms with Gasteiger partial charge in [0, 0.05) is 35.8 Å². The van der Waals surface area contributed by atoms with Gasteiger partial charge >= 0.3 is 0 Å². The lowest BCUT2D eigenvalue weighted by atomic mass is 10.0. The maximum atomic E-state index is 6.55. The number of anilines is 1. The predicted octanol–water partition coefficient (Wildman–Crippen LogP) is 4.64. The molecule has 2 heterocycles. The number of ether oxygens (including phenoxy) is 2. The summed E-state index contributed by atoms with van der Waals surface area (Å²) in [5.74, 6) is 2.16. The van der Waals surface area contributed by atoms with Crippen LogP contribution in [0.5, 0.6) is 11.5 Å². The molecule has 1 aromatic heterocycles. The van der Waals surface area contributed by atoms with Gasteiger partial charge in [0.1, 0.15) is 11.5 Å². The number of benzene rings is 2. The maximum Gasteiger partial charge on any atom is 0.223 e. The van der Waals surface area contributed by atoms with Gasteiger partial charge in [-0.3, -0.25) is 0 Å². The lowest BCUT2D eigenvalue weighted by molar-refractivity contribution is 0.395. The molecule has 152 valence electrons. The van der Waals surface area contributed by atoms with Gasteiger partial charge in [0.25, 0.3) is 0 Å². The fraction of sp³-hybridized carbons (Fsp3) is 0.333. The first-order valence-electron chi connectivity index (χ1n) is 9.36. The average molecular weight is 433 g/mol. The highest BCUT2D eigenvalue weighted by atomic mass is 35.5. The number of hydrogen-bond donors (Lipinski definition) is 2. The second-order valence-corrected chi connectivity index (χ2v) is 7.89. The highest BCUT2D eigenvalue weighted by Crippen LogP contribution is 2.46. The van der Waals surface area contributed by atoms with Crippen molar-refractivity contribution in [2.45, 2.75) is 13.0 Å². The van der Waals surface area contributed by atoms with Gasteiger partial charge in [-0.25, -0.2) is 9.97 Å². The minimum Gasteiger partial charge on any atom is -0.495 e. The Kier molecular flexibility index (Phi) is 5.67. The van der Waals surface area contributed by atoms with E-state index < -0.39 is 0 Å². The van der Waals surface area contributed by atoms with Gasteiger partial charge in [-0.1, -0.05) is 36.2 Å². The number of fused-ring (bicyclic) bond motifs is 1. The van der Waals surface area contributed by atoms with Crippen LogP contribution in [0.2, 0.25) is 10.0 Å². The van der Waals surface area contributed by atoms with E-state index in [1.54, 1.807) is 26.5 Å². The quantitative estimate of drug-likeness (QED) is 0.611. The molecule has 0 bridgehead atoms. The van der Waals surface area contributed by atoms with Crippen LogP contribution < -0.4 is 20.1 Å². The summed E-state index contributed by atoms with van der Waals surface area (Å²) in [6.45, 7) is 4.12. The molecule has 1 fully saturated rings. The minimum atomic E-state index is 0.327. The predicted molar refractivity (Wildman–Crippen MR) is 118 cm³/mol. The third-order valence-corrected chi connectivity index (χ3v) is 6.02. The van der Waals surface area contributed by atoms with E-state index in [1.165, 1.54) is 0 Å². The first kappa shape index (κ1) is 20.0. The lowest BCUT2D eigenvalue weighted by Crippen LogP contribution is -2.27. The largest absolute Gasteiger partial charge is 0.495 e. The summed E-state index contributed by atoms with van der Waals surface area (Å²) in [5.41, 5.74) is 2.33. The molecule has 2 atom stereocenters.